The van der Waals surface area contributed by atoms with Gasteiger partial charge >= 0.3 is 0 Å². The van der Waals surface area contributed by atoms with Crippen LogP contribution in [0.3, 0.4) is 0 Å². The molecule has 0 saturated heterocycles. The summed E-state index contributed by atoms with van der Waals surface area (Å²) in [6.45, 7) is 6.29. The second-order valence-electron chi connectivity index (χ2n) is 6.47. The highest BCUT2D eigenvalue weighted by atomic mass is 16.5. The molecule has 7 heteroatoms. The van der Waals surface area contributed by atoms with Gasteiger partial charge in [-0.2, -0.15) is 0 Å². The van der Waals surface area contributed by atoms with E-state index in [-0.39, 0.29) is 22.7 Å². The smallest absolute Gasteiger partial charge is 0.269 e. The third-order valence-corrected chi connectivity index (χ3v) is 4.75. The molecule has 1 amide bonds. The molecular formula is C21H25N3O4. The zero-order valence-electron chi connectivity index (χ0n) is 16.8. The number of nitrogens with zero attached hydrogens (tertiary/aromatic N) is 2. The molecule has 0 spiro atoms. The summed E-state index contributed by atoms with van der Waals surface area (Å²) < 4.78 is 6.37. The van der Waals surface area contributed by atoms with Gasteiger partial charge in [0.1, 0.15) is 5.69 Å². The Kier molecular flexibility index (Phi) is 7.00. The Hall–Kier alpha value is -3.06. The van der Waals surface area contributed by atoms with Crippen LogP contribution in [0.4, 0.5) is 0 Å². The average Bonchev–Trinajstić information content (AvgIpc) is 2.69. The summed E-state index contributed by atoms with van der Waals surface area (Å²) in [5.41, 5.74) is 2.93. The molecular weight excluding hydrogens is 358 g/mol. The van der Waals surface area contributed by atoms with Crippen LogP contribution in [-0.4, -0.2) is 41.5 Å². The monoisotopic (exact) mass is 383 g/mol. The number of hydrogen-bond acceptors (Lipinski definition) is 5. The van der Waals surface area contributed by atoms with Gasteiger partial charge in [-0.25, -0.2) is 4.98 Å². The van der Waals surface area contributed by atoms with Crippen molar-refractivity contribution in [3.63, 3.8) is 0 Å². The second kappa shape index (κ2) is 9.23. The van der Waals surface area contributed by atoms with Crippen LogP contribution < -0.4 is 10.9 Å². The molecule has 2 heterocycles. The average molecular weight is 383 g/mol. The minimum atomic E-state index is -0.391. The molecule has 1 N–H and O–H groups in total. The number of carbonyl (C=O) groups excluding carboxylic acids is 2. The van der Waals surface area contributed by atoms with Gasteiger partial charge in [-0.1, -0.05) is 6.07 Å². The van der Waals surface area contributed by atoms with Crippen molar-refractivity contribution >= 4 is 17.8 Å². The molecule has 0 bridgehead atoms. The lowest BCUT2D eigenvalue weighted by Crippen LogP contribution is -2.28. The fraction of sp³-hybridized carbons (Fsp3) is 0.333. The van der Waals surface area contributed by atoms with E-state index in [0.29, 0.717) is 24.4 Å². The lowest BCUT2D eigenvalue weighted by Gasteiger charge is -2.13. The van der Waals surface area contributed by atoms with Crippen molar-refractivity contribution in [1.82, 2.24) is 14.9 Å². The predicted octanol–water partition coefficient (Wildman–Crippen LogP) is 1.98. The van der Waals surface area contributed by atoms with E-state index in [2.05, 4.69) is 10.3 Å². The number of hydrogen-bond donors (Lipinski definition) is 1. The van der Waals surface area contributed by atoms with Crippen LogP contribution in [0, 0.1) is 20.8 Å². The first-order chi connectivity index (χ1) is 13.3. The zero-order chi connectivity index (χ0) is 20.8. The maximum absolute atomic E-state index is 12.6. The summed E-state index contributed by atoms with van der Waals surface area (Å²) >= 11 is 0. The summed E-state index contributed by atoms with van der Waals surface area (Å²) in [4.78, 5) is 41.5. The molecule has 0 fully saturated rings. The third-order valence-electron chi connectivity index (χ3n) is 4.75. The molecule has 148 valence electrons. The number of nitrogens with one attached hydrogen (secondary N) is 1. The van der Waals surface area contributed by atoms with Crippen molar-refractivity contribution in [2.24, 2.45) is 7.05 Å². The highest BCUT2D eigenvalue weighted by Gasteiger charge is 2.17. The van der Waals surface area contributed by atoms with E-state index in [1.165, 1.54) is 16.7 Å². The number of methoxy groups -OCH3 is 1. The van der Waals surface area contributed by atoms with Gasteiger partial charge in [0.2, 0.25) is 0 Å². The third kappa shape index (κ3) is 4.61. The van der Waals surface area contributed by atoms with Gasteiger partial charge in [-0.3, -0.25) is 14.4 Å². The summed E-state index contributed by atoms with van der Waals surface area (Å²) in [5, 5.41) is 2.69. The highest BCUT2D eigenvalue weighted by molar-refractivity contribution is 6.07. The molecule has 28 heavy (non-hydrogen) atoms. The normalized spacial score (nSPS) is 11.0. The topological polar surface area (TPSA) is 90.3 Å². The highest BCUT2D eigenvalue weighted by Crippen LogP contribution is 2.14. The van der Waals surface area contributed by atoms with Crippen LogP contribution in [0.25, 0.3) is 6.08 Å². The number of carbonyl (C=O) groups is 2. The number of allylic oxidation sites excluding steroid dienone is 1. The molecule has 0 radical (unpaired) electrons. The number of amides is 1. The van der Waals surface area contributed by atoms with E-state index in [0.717, 1.165) is 11.3 Å². The molecule has 7 nitrogen and oxygen atoms in total. The Balaban J connectivity index is 2.26. The lowest BCUT2D eigenvalue weighted by atomic mass is 10.00. The number of rotatable bonds is 7. The Bertz CT molecular complexity index is 990. The van der Waals surface area contributed by atoms with E-state index in [1.54, 1.807) is 39.3 Å². The summed E-state index contributed by atoms with van der Waals surface area (Å²) in [6.07, 6.45) is 2.82. The van der Waals surface area contributed by atoms with Crippen LogP contribution >= 0.6 is 0 Å². The van der Waals surface area contributed by atoms with E-state index in [1.807, 2.05) is 13.8 Å². The van der Waals surface area contributed by atoms with E-state index in [4.69, 9.17) is 4.74 Å². The van der Waals surface area contributed by atoms with Crippen molar-refractivity contribution in [1.29, 1.82) is 0 Å². The molecule has 0 saturated carbocycles. The Labute approximate surface area is 164 Å². The zero-order valence-corrected chi connectivity index (χ0v) is 16.8. The molecule has 0 aliphatic heterocycles. The van der Waals surface area contributed by atoms with E-state index < -0.39 is 5.78 Å². The predicted molar refractivity (Wildman–Crippen MR) is 108 cm³/mol. The maximum atomic E-state index is 12.6. The SMILES string of the molecule is COCCNC(=O)c1cccc(/C=C/C(=O)c2c(C)c(C)c(C)n(C)c2=O)n1. The Morgan fingerprint density at radius 2 is 1.93 bits per heavy atom. The largest absolute Gasteiger partial charge is 0.383 e. The molecule has 0 unspecified atom stereocenters. The minimum Gasteiger partial charge on any atom is -0.383 e. The maximum Gasteiger partial charge on any atom is 0.269 e. The van der Waals surface area contributed by atoms with Crippen molar-refractivity contribution in [2.75, 3.05) is 20.3 Å². The molecule has 2 aromatic rings. The quantitative estimate of drug-likeness (QED) is 0.449. The first kappa shape index (κ1) is 21.2. The fourth-order valence-electron chi connectivity index (χ4n) is 2.75. The Morgan fingerprint density at radius 3 is 2.61 bits per heavy atom. The number of ether oxygens (including phenoxy) is 1. The number of aromatic nitrogens is 2. The second-order valence-corrected chi connectivity index (χ2v) is 6.47. The van der Waals surface area contributed by atoms with Crippen molar-refractivity contribution in [3.8, 4) is 0 Å². The van der Waals surface area contributed by atoms with Gasteiger partial charge < -0.3 is 14.6 Å². The van der Waals surface area contributed by atoms with Crippen LogP contribution in [-0.2, 0) is 11.8 Å². The van der Waals surface area contributed by atoms with Crippen LogP contribution in [0.15, 0.2) is 29.1 Å². The first-order valence-electron chi connectivity index (χ1n) is 8.91. The van der Waals surface area contributed by atoms with Gasteiger partial charge in [-0.15, -0.1) is 0 Å². The van der Waals surface area contributed by atoms with Gasteiger partial charge in [0.05, 0.1) is 17.9 Å². The van der Waals surface area contributed by atoms with Crippen molar-refractivity contribution in [2.45, 2.75) is 20.8 Å². The summed E-state index contributed by atoms with van der Waals surface area (Å²) in [6, 6.07) is 4.95. The van der Waals surface area contributed by atoms with Gasteiger partial charge in [0, 0.05) is 26.4 Å². The van der Waals surface area contributed by atoms with Gasteiger partial charge in [-0.05, 0) is 56.2 Å². The molecule has 2 rings (SSSR count). The Morgan fingerprint density at radius 1 is 1.21 bits per heavy atom. The van der Waals surface area contributed by atoms with Crippen LogP contribution in [0.2, 0.25) is 0 Å². The summed E-state index contributed by atoms with van der Waals surface area (Å²) in [5.74, 6) is -0.713. The first-order valence-corrected chi connectivity index (χ1v) is 8.91. The fourth-order valence-corrected chi connectivity index (χ4v) is 2.75. The van der Waals surface area contributed by atoms with Crippen LogP contribution in [0.1, 0.15) is 43.4 Å². The van der Waals surface area contributed by atoms with Crippen molar-refractivity contribution in [3.05, 3.63) is 68.4 Å². The molecule has 0 aliphatic carbocycles. The van der Waals surface area contributed by atoms with Crippen molar-refractivity contribution < 1.29 is 14.3 Å². The van der Waals surface area contributed by atoms with E-state index >= 15 is 0 Å². The molecule has 2 aromatic heterocycles. The minimum absolute atomic E-state index is 0.148. The number of pyridine rings is 2. The molecule has 0 atom stereocenters. The molecule has 0 aromatic carbocycles. The number of ketones is 1. The van der Waals surface area contributed by atoms with Crippen LogP contribution in [0.5, 0.6) is 0 Å². The van der Waals surface area contributed by atoms with Gasteiger partial charge in [0.15, 0.2) is 5.78 Å². The van der Waals surface area contributed by atoms with E-state index in [9.17, 15) is 14.4 Å². The lowest BCUT2D eigenvalue weighted by molar-refractivity contribution is 0.0931. The standard InChI is InChI=1S/C21H25N3O4/c1-13-14(2)19(21(27)24(4)15(13)3)18(25)10-9-16-7-6-8-17(23-16)20(26)22-11-12-28-5/h6-10H,11-12H2,1-5H3,(H,22,26)/b10-9+. The molecule has 0 aliphatic rings. The van der Waals surface area contributed by atoms with Gasteiger partial charge in [0.25, 0.3) is 11.5 Å². The summed E-state index contributed by atoms with van der Waals surface area (Å²) in [7, 11) is 3.20.